The van der Waals surface area contributed by atoms with Gasteiger partial charge in [-0.25, -0.2) is 0 Å². The summed E-state index contributed by atoms with van der Waals surface area (Å²) in [7, 11) is 4.15. The third-order valence-electron chi connectivity index (χ3n) is 4.95. The third-order valence-corrected chi connectivity index (χ3v) is 5.34. The Morgan fingerprint density at radius 1 is 0.880 bits per heavy atom. The quantitative estimate of drug-likeness (QED) is 0.357. The smallest absolute Gasteiger partial charge is 0.0372 e. The summed E-state index contributed by atoms with van der Waals surface area (Å²) in [5.41, 5.74) is 3.97. The van der Waals surface area contributed by atoms with Crippen molar-refractivity contribution >= 4 is 18.3 Å². The number of thiol groups is 1. The lowest BCUT2D eigenvalue weighted by molar-refractivity contribution is 0.566. The topological polar surface area (TPSA) is 3.24 Å². The second-order valence-corrected chi connectivity index (χ2v) is 7.64. The van der Waals surface area contributed by atoms with Gasteiger partial charge < -0.3 is 4.90 Å². The first-order valence-electron chi connectivity index (χ1n) is 9.68. The molecule has 0 aromatic heterocycles. The average molecular weight is 356 g/mol. The maximum absolute atomic E-state index is 4.82. The number of unbranched alkanes of at least 4 members (excludes halogenated alkanes) is 5. The number of rotatable bonds is 10. The van der Waals surface area contributed by atoms with E-state index in [1.807, 2.05) is 0 Å². The zero-order valence-corrected chi connectivity index (χ0v) is 16.9. The van der Waals surface area contributed by atoms with Gasteiger partial charge in [-0.2, -0.15) is 0 Å². The van der Waals surface area contributed by atoms with Crippen molar-refractivity contribution in [2.45, 2.75) is 62.7 Å². The van der Waals surface area contributed by atoms with Crippen molar-refractivity contribution in [2.24, 2.45) is 0 Å². The second kappa shape index (κ2) is 10.6. The number of nitrogens with zero attached hydrogens (tertiary/aromatic N) is 1. The van der Waals surface area contributed by atoms with Crippen LogP contribution in [0.1, 0.15) is 68.9 Å². The van der Waals surface area contributed by atoms with Gasteiger partial charge in [0.1, 0.15) is 0 Å². The summed E-state index contributed by atoms with van der Waals surface area (Å²) in [6.45, 7) is 2.27. The molecule has 0 N–H and O–H groups in total. The molecule has 25 heavy (non-hydrogen) atoms. The molecule has 0 aliphatic rings. The summed E-state index contributed by atoms with van der Waals surface area (Å²) < 4.78 is 0. The van der Waals surface area contributed by atoms with Gasteiger partial charge in [-0.1, -0.05) is 81.8 Å². The zero-order chi connectivity index (χ0) is 18.1. The van der Waals surface area contributed by atoms with E-state index in [0.29, 0.717) is 5.92 Å². The molecular formula is C23H33NS. The Labute approximate surface area is 159 Å². The molecule has 0 aliphatic heterocycles. The highest BCUT2D eigenvalue weighted by molar-refractivity contribution is 7.80. The molecule has 1 nitrogen and oxygen atoms in total. The predicted molar refractivity (Wildman–Crippen MR) is 114 cm³/mol. The van der Waals surface area contributed by atoms with Gasteiger partial charge in [-0.15, -0.1) is 12.6 Å². The SMILES string of the molecule is CCCCCCCCC(c1ccccc1)c1ccc(N(C)C)cc1S. The molecule has 2 aromatic carbocycles. The summed E-state index contributed by atoms with van der Waals surface area (Å²) in [5, 5.41) is 0. The second-order valence-electron chi connectivity index (χ2n) is 7.16. The van der Waals surface area contributed by atoms with E-state index in [4.69, 9.17) is 12.6 Å². The molecule has 2 rings (SSSR count). The van der Waals surface area contributed by atoms with Crippen LogP contribution in [0.3, 0.4) is 0 Å². The highest BCUT2D eigenvalue weighted by Crippen LogP contribution is 2.35. The standard InChI is InChI=1S/C23H33NS/c1-4-5-6-7-8-12-15-21(19-13-10-9-11-14-19)22-17-16-20(24(2)3)18-23(22)25/h9-11,13-14,16-18,21,25H,4-8,12,15H2,1-3H3. The average Bonchev–Trinajstić information content (AvgIpc) is 2.62. The Hall–Kier alpha value is -1.41. The van der Waals surface area contributed by atoms with Crippen LogP contribution >= 0.6 is 12.6 Å². The Balaban J connectivity index is 2.12. The van der Waals surface area contributed by atoms with Gasteiger partial charge in [0.2, 0.25) is 0 Å². The minimum Gasteiger partial charge on any atom is -0.378 e. The molecule has 1 atom stereocenters. The third kappa shape index (κ3) is 6.11. The van der Waals surface area contributed by atoms with Crippen molar-refractivity contribution in [3.8, 4) is 0 Å². The molecule has 2 aromatic rings. The van der Waals surface area contributed by atoms with Crippen LogP contribution in [-0.4, -0.2) is 14.1 Å². The van der Waals surface area contributed by atoms with Crippen molar-refractivity contribution in [2.75, 3.05) is 19.0 Å². The number of anilines is 1. The maximum Gasteiger partial charge on any atom is 0.0372 e. The molecule has 0 fully saturated rings. The first-order chi connectivity index (χ1) is 12.1. The van der Waals surface area contributed by atoms with Crippen LogP contribution in [0.2, 0.25) is 0 Å². The van der Waals surface area contributed by atoms with E-state index in [2.05, 4.69) is 74.4 Å². The van der Waals surface area contributed by atoms with Crippen LogP contribution in [0.15, 0.2) is 53.4 Å². The molecule has 0 saturated heterocycles. The largest absolute Gasteiger partial charge is 0.378 e. The summed E-state index contributed by atoms with van der Waals surface area (Å²) in [5.74, 6) is 0.441. The number of hydrogen-bond acceptors (Lipinski definition) is 2. The van der Waals surface area contributed by atoms with Gasteiger partial charge in [-0.3, -0.25) is 0 Å². The Morgan fingerprint density at radius 2 is 1.56 bits per heavy atom. The molecule has 0 radical (unpaired) electrons. The molecule has 0 bridgehead atoms. The molecule has 0 saturated carbocycles. The summed E-state index contributed by atoms with van der Waals surface area (Å²) >= 11 is 4.82. The first kappa shape index (κ1) is 19.9. The van der Waals surface area contributed by atoms with Gasteiger partial charge in [0.25, 0.3) is 0 Å². The highest BCUT2D eigenvalue weighted by atomic mass is 32.1. The molecular weight excluding hydrogens is 322 g/mol. The Kier molecular flexibility index (Phi) is 8.40. The Morgan fingerprint density at radius 3 is 2.20 bits per heavy atom. The minimum atomic E-state index is 0.441. The van der Waals surface area contributed by atoms with Crippen molar-refractivity contribution < 1.29 is 0 Å². The van der Waals surface area contributed by atoms with Crippen LogP contribution in [0.4, 0.5) is 5.69 Å². The fourth-order valence-electron chi connectivity index (χ4n) is 3.42. The van der Waals surface area contributed by atoms with Crippen LogP contribution in [-0.2, 0) is 0 Å². The number of hydrogen-bond donors (Lipinski definition) is 1. The van der Waals surface area contributed by atoms with Crippen molar-refractivity contribution in [3.63, 3.8) is 0 Å². The van der Waals surface area contributed by atoms with Crippen LogP contribution < -0.4 is 4.90 Å². The van der Waals surface area contributed by atoms with Crippen LogP contribution in [0.25, 0.3) is 0 Å². The van der Waals surface area contributed by atoms with E-state index in [0.717, 1.165) is 4.90 Å². The van der Waals surface area contributed by atoms with Crippen LogP contribution in [0, 0.1) is 0 Å². The molecule has 0 aliphatic carbocycles. The van der Waals surface area contributed by atoms with Gasteiger partial charge in [0.15, 0.2) is 0 Å². The monoisotopic (exact) mass is 355 g/mol. The lowest BCUT2D eigenvalue weighted by Crippen LogP contribution is -2.09. The normalized spacial score (nSPS) is 12.2. The fraction of sp³-hybridized carbons (Fsp3) is 0.478. The van der Waals surface area contributed by atoms with Gasteiger partial charge in [0.05, 0.1) is 0 Å². The van der Waals surface area contributed by atoms with E-state index in [1.54, 1.807) is 0 Å². The molecule has 1 unspecified atom stereocenters. The minimum absolute atomic E-state index is 0.441. The van der Waals surface area contributed by atoms with Crippen molar-refractivity contribution in [1.29, 1.82) is 0 Å². The zero-order valence-electron chi connectivity index (χ0n) is 16.0. The molecule has 0 heterocycles. The van der Waals surface area contributed by atoms with Gasteiger partial charge in [-0.05, 0) is 29.7 Å². The fourth-order valence-corrected chi connectivity index (χ4v) is 3.78. The van der Waals surface area contributed by atoms with Crippen molar-refractivity contribution in [1.82, 2.24) is 0 Å². The van der Waals surface area contributed by atoms with E-state index < -0.39 is 0 Å². The van der Waals surface area contributed by atoms with E-state index in [1.165, 1.54) is 61.8 Å². The van der Waals surface area contributed by atoms with E-state index in [-0.39, 0.29) is 0 Å². The summed E-state index contributed by atoms with van der Waals surface area (Å²) in [6, 6.07) is 17.6. The lowest BCUT2D eigenvalue weighted by atomic mass is 9.86. The molecule has 0 spiro atoms. The number of benzene rings is 2. The van der Waals surface area contributed by atoms with E-state index >= 15 is 0 Å². The van der Waals surface area contributed by atoms with Gasteiger partial charge >= 0.3 is 0 Å². The van der Waals surface area contributed by atoms with Gasteiger partial charge in [0, 0.05) is 30.6 Å². The summed E-state index contributed by atoms with van der Waals surface area (Å²) in [4.78, 5) is 3.24. The summed E-state index contributed by atoms with van der Waals surface area (Å²) in [6.07, 6.45) is 9.24. The Bertz CT molecular complexity index is 621. The predicted octanol–water partition coefficient (Wildman–Crippen LogP) is 6.92. The van der Waals surface area contributed by atoms with Crippen molar-refractivity contribution in [3.05, 3.63) is 59.7 Å². The maximum atomic E-state index is 4.82. The van der Waals surface area contributed by atoms with E-state index in [9.17, 15) is 0 Å². The highest BCUT2D eigenvalue weighted by Gasteiger charge is 2.17. The molecule has 2 heteroatoms. The first-order valence-corrected chi connectivity index (χ1v) is 10.1. The molecule has 136 valence electrons. The molecule has 0 amide bonds. The lowest BCUT2D eigenvalue weighted by Gasteiger charge is -2.22. The van der Waals surface area contributed by atoms with Crippen LogP contribution in [0.5, 0.6) is 0 Å².